The van der Waals surface area contributed by atoms with E-state index in [1.54, 1.807) is 11.9 Å². The van der Waals surface area contributed by atoms with Crippen LogP contribution >= 0.6 is 0 Å². The number of piperazine rings is 1. The maximum Gasteiger partial charge on any atom is 0.409 e. The van der Waals surface area contributed by atoms with Crippen LogP contribution in [0.1, 0.15) is 25.7 Å². The van der Waals surface area contributed by atoms with Crippen molar-refractivity contribution in [3.05, 3.63) is 0 Å². The van der Waals surface area contributed by atoms with Crippen LogP contribution in [-0.4, -0.2) is 56.7 Å². The molecule has 0 unspecified atom stereocenters. The SMILES string of the molecule is CNC(=O)CCCCCOC(=O)N1CCNCC1. The highest BCUT2D eigenvalue weighted by Crippen LogP contribution is 2.02. The first-order valence-corrected chi connectivity index (χ1v) is 6.57. The average Bonchev–Trinajstić information content (AvgIpc) is 2.43. The second-order valence-corrected chi connectivity index (χ2v) is 4.34. The van der Waals surface area contributed by atoms with E-state index in [1.165, 1.54) is 0 Å². The predicted octanol–water partition coefficient (Wildman–Crippen LogP) is 0.335. The highest BCUT2D eigenvalue weighted by molar-refractivity contribution is 5.75. The van der Waals surface area contributed by atoms with Gasteiger partial charge in [-0.25, -0.2) is 4.79 Å². The van der Waals surface area contributed by atoms with Crippen LogP contribution in [0.2, 0.25) is 0 Å². The van der Waals surface area contributed by atoms with Crippen LogP contribution in [0.4, 0.5) is 4.79 Å². The van der Waals surface area contributed by atoms with Crippen molar-refractivity contribution in [3.8, 4) is 0 Å². The molecule has 1 aliphatic heterocycles. The van der Waals surface area contributed by atoms with Gasteiger partial charge < -0.3 is 20.3 Å². The van der Waals surface area contributed by atoms with Gasteiger partial charge in [0.05, 0.1) is 6.61 Å². The molecule has 0 bridgehead atoms. The third-order valence-corrected chi connectivity index (χ3v) is 2.93. The molecule has 0 saturated carbocycles. The largest absolute Gasteiger partial charge is 0.449 e. The Kier molecular flexibility index (Phi) is 7.17. The fraction of sp³-hybridized carbons (Fsp3) is 0.833. The first kappa shape index (κ1) is 14.8. The highest BCUT2D eigenvalue weighted by atomic mass is 16.6. The number of nitrogens with one attached hydrogen (secondary N) is 2. The minimum atomic E-state index is -0.220. The Labute approximate surface area is 108 Å². The Bertz CT molecular complexity index is 265. The maximum atomic E-state index is 11.6. The molecule has 0 atom stereocenters. The van der Waals surface area contributed by atoms with Gasteiger partial charge in [-0.1, -0.05) is 0 Å². The third-order valence-electron chi connectivity index (χ3n) is 2.93. The predicted molar refractivity (Wildman–Crippen MR) is 68.3 cm³/mol. The number of ether oxygens (including phenoxy) is 1. The summed E-state index contributed by atoms with van der Waals surface area (Å²) in [6.07, 6.45) is 2.88. The van der Waals surface area contributed by atoms with Gasteiger partial charge in [0.2, 0.25) is 5.91 Å². The lowest BCUT2D eigenvalue weighted by atomic mass is 10.2. The molecule has 0 aromatic rings. The van der Waals surface area contributed by atoms with Gasteiger partial charge in [0.15, 0.2) is 0 Å². The van der Waals surface area contributed by atoms with Crippen LogP contribution in [0.5, 0.6) is 0 Å². The summed E-state index contributed by atoms with van der Waals surface area (Å²) in [6, 6.07) is 0. The van der Waals surface area contributed by atoms with Crippen molar-refractivity contribution in [2.24, 2.45) is 0 Å². The van der Waals surface area contributed by atoms with Crippen molar-refractivity contribution >= 4 is 12.0 Å². The van der Waals surface area contributed by atoms with E-state index in [2.05, 4.69) is 10.6 Å². The number of amides is 2. The minimum Gasteiger partial charge on any atom is -0.449 e. The molecule has 0 aromatic carbocycles. The topological polar surface area (TPSA) is 70.7 Å². The van der Waals surface area contributed by atoms with Gasteiger partial charge in [0, 0.05) is 39.6 Å². The molecule has 0 aromatic heterocycles. The van der Waals surface area contributed by atoms with Crippen molar-refractivity contribution in [1.29, 1.82) is 0 Å². The maximum absolute atomic E-state index is 11.6. The zero-order chi connectivity index (χ0) is 13.2. The number of carbonyl (C=O) groups is 2. The standard InChI is InChI=1S/C12H23N3O3/c1-13-11(16)5-3-2-4-10-18-12(17)15-8-6-14-7-9-15/h14H,2-10H2,1H3,(H,13,16). The molecule has 104 valence electrons. The van der Waals surface area contributed by atoms with E-state index in [0.717, 1.165) is 45.4 Å². The van der Waals surface area contributed by atoms with E-state index in [4.69, 9.17) is 4.74 Å². The lowest BCUT2D eigenvalue weighted by molar-refractivity contribution is -0.120. The van der Waals surface area contributed by atoms with Crippen molar-refractivity contribution < 1.29 is 14.3 Å². The van der Waals surface area contributed by atoms with Crippen LogP contribution in [0.3, 0.4) is 0 Å². The zero-order valence-electron chi connectivity index (χ0n) is 11.0. The van der Waals surface area contributed by atoms with E-state index < -0.39 is 0 Å². The van der Waals surface area contributed by atoms with Crippen LogP contribution in [-0.2, 0) is 9.53 Å². The Balaban J connectivity index is 1.96. The normalized spacial score (nSPS) is 15.3. The van der Waals surface area contributed by atoms with Crippen molar-refractivity contribution in [2.75, 3.05) is 39.8 Å². The van der Waals surface area contributed by atoms with E-state index in [9.17, 15) is 9.59 Å². The fourth-order valence-corrected chi connectivity index (χ4v) is 1.79. The molecule has 0 spiro atoms. The molecular weight excluding hydrogens is 234 g/mol. The molecular formula is C12H23N3O3. The Morgan fingerprint density at radius 1 is 1.22 bits per heavy atom. The first-order chi connectivity index (χ1) is 8.74. The Hall–Kier alpha value is -1.30. The second-order valence-electron chi connectivity index (χ2n) is 4.34. The van der Waals surface area contributed by atoms with Crippen LogP contribution in [0, 0.1) is 0 Å². The average molecular weight is 257 g/mol. The van der Waals surface area contributed by atoms with E-state index >= 15 is 0 Å². The molecule has 18 heavy (non-hydrogen) atoms. The van der Waals surface area contributed by atoms with Crippen molar-refractivity contribution in [1.82, 2.24) is 15.5 Å². The number of rotatable bonds is 6. The molecule has 0 aliphatic carbocycles. The van der Waals surface area contributed by atoms with Crippen LogP contribution in [0.25, 0.3) is 0 Å². The lowest BCUT2D eigenvalue weighted by Crippen LogP contribution is -2.46. The number of hydrogen-bond acceptors (Lipinski definition) is 4. The Morgan fingerprint density at radius 3 is 2.61 bits per heavy atom. The number of carbonyl (C=O) groups excluding carboxylic acids is 2. The monoisotopic (exact) mass is 257 g/mol. The smallest absolute Gasteiger partial charge is 0.409 e. The summed E-state index contributed by atoms with van der Waals surface area (Å²) in [5.74, 6) is 0.0628. The molecule has 1 fully saturated rings. The number of unbranched alkanes of at least 4 members (excludes halogenated alkanes) is 2. The molecule has 0 radical (unpaired) electrons. The summed E-state index contributed by atoms with van der Waals surface area (Å²) in [6.45, 7) is 3.55. The first-order valence-electron chi connectivity index (χ1n) is 6.57. The number of nitrogens with zero attached hydrogens (tertiary/aromatic N) is 1. The summed E-state index contributed by atoms with van der Waals surface area (Å²) in [4.78, 5) is 24.3. The molecule has 2 amide bonds. The minimum absolute atomic E-state index is 0.0628. The van der Waals surface area contributed by atoms with Gasteiger partial charge in [-0.3, -0.25) is 4.79 Å². The molecule has 6 heteroatoms. The van der Waals surface area contributed by atoms with Gasteiger partial charge in [-0.05, 0) is 19.3 Å². The summed E-state index contributed by atoms with van der Waals surface area (Å²) in [5, 5.41) is 5.76. The van der Waals surface area contributed by atoms with E-state index in [-0.39, 0.29) is 12.0 Å². The Morgan fingerprint density at radius 2 is 1.94 bits per heavy atom. The van der Waals surface area contributed by atoms with Crippen LogP contribution in [0.15, 0.2) is 0 Å². The van der Waals surface area contributed by atoms with Gasteiger partial charge in [-0.2, -0.15) is 0 Å². The molecule has 1 saturated heterocycles. The van der Waals surface area contributed by atoms with Crippen molar-refractivity contribution in [3.63, 3.8) is 0 Å². The zero-order valence-corrected chi connectivity index (χ0v) is 11.0. The van der Waals surface area contributed by atoms with E-state index in [0.29, 0.717) is 13.0 Å². The fourth-order valence-electron chi connectivity index (χ4n) is 1.79. The molecule has 6 nitrogen and oxygen atoms in total. The summed E-state index contributed by atoms with van der Waals surface area (Å²) in [7, 11) is 1.64. The summed E-state index contributed by atoms with van der Waals surface area (Å²) >= 11 is 0. The summed E-state index contributed by atoms with van der Waals surface area (Å²) < 4.78 is 5.17. The quantitative estimate of drug-likeness (QED) is 0.673. The van der Waals surface area contributed by atoms with Gasteiger partial charge >= 0.3 is 6.09 Å². The van der Waals surface area contributed by atoms with Crippen molar-refractivity contribution in [2.45, 2.75) is 25.7 Å². The number of hydrogen-bond donors (Lipinski definition) is 2. The van der Waals surface area contributed by atoms with E-state index in [1.807, 2.05) is 0 Å². The molecule has 1 aliphatic rings. The third kappa shape index (κ3) is 5.86. The highest BCUT2D eigenvalue weighted by Gasteiger charge is 2.16. The van der Waals surface area contributed by atoms with Gasteiger partial charge in [0.25, 0.3) is 0 Å². The summed E-state index contributed by atoms with van der Waals surface area (Å²) in [5.41, 5.74) is 0. The lowest BCUT2D eigenvalue weighted by Gasteiger charge is -2.26. The van der Waals surface area contributed by atoms with Gasteiger partial charge in [0.1, 0.15) is 0 Å². The second kappa shape index (κ2) is 8.74. The molecule has 1 heterocycles. The van der Waals surface area contributed by atoms with Gasteiger partial charge in [-0.15, -0.1) is 0 Å². The van der Waals surface area contributed by atoms with Crippen LogP contribution < -0.4 is 10.6 Å². The molecule has 2 N–H and O–H groups in total. The molecule has 1 rings (SSSR count).